The van der Waals surface area contributed by atoms with Crippen LogP contribution in [0.4, 0.5) is 5.69 Å². The molecule has 1 N–H and O–H groups in total. The van der Waals surface area contributed by atoms with Gasteiger partial charge in [-0.05, 0) is 50.9 Å². The van der Waals surface area contributed by atoms with Crippen LogP contribution in [0.5, 0.6) is 0 Å². The maximum Gasteiger partial charge on any atom is 0.0776 e. The van der Waals surface area contributed by atoms with E-state index in [1.807, 2.05) is 12.1 Å². The molecule has 0 aliphatic carbocycles. The third kappa shape index (κ3) is 2.54. The highest BCUT2D eigenvalue weighted by Crippen LogP contribution is 2.32. The number of rotatable bonds is 2. The summed E-state index contributed by atoms with van der Waals surface area (Å²) in [6.45, 7) is 7.52. The third-order valence-corrected chi connectivity index (χ3v) is 5.03. The molecule has 0 aromatic heterocycles. The summed E-state index contributed by atoms with van der Waals surface area (Å²) < 4.78 is 0. The number of nitrogens with zero attached hydrogens (tertiary/aromatic N) is 2. The number of aliphatic hydroxyl groups excluding tert-OH is 1. The number of fused-ring (bicyclic) bond motifs is 1. The maximum absolute atomic E-state index is 9.68. The van der Waals surface area contributed by atoms with E-state index in [9.17, 15) is 5.11 Å². The van der Waals surface area contributed by atoms with E-state index >= 15 is 0 Å². The van der Waals surface area contributed by atoms with E-state index in [1.165, 1.54) is 25.1 Å². The molecule has 1 aromatic rings. The summed E-state index contributed by atoms with van der Waals surface area (Å²) in [4.78, 5) is 5.08. The van der Waals surface area contributed by atoms with Crippen molar-refractivity contribution < 1.29 is 5.11 Å². The van der Waals surface area contributed by atoms with Crippen molar-refractivity contribution in [2.75, 3.05) is 24.5 Å². The fourth-order valence-corrected chi connectivity index (χ4v) is 3.91. The minimum atomic E-state index is -0.513. The fraction of sp³-hybridized carbons (Fsp3) is 0.625. The van der Waals surface area contributed by atoms with E-state index in [0.717, 1.165) is 18.7 Å². The molecule has 2 aliphatic heterocycles. The summed E-state index contributed by atoms with van der Waals surface area (Å²) in [5, 5.41) is 10.3. The van der Waals surface area contributed by atoms with Crippen molar-refractivity contribution in [1.82, 2.24) is 4.90 Å². The predicted octanol–water partition coefficient (Wildman–Crippen LogP) is 3.07. The first kappa shape index (κ1) is 14.2. The number of hydrogen-bond donors (Lipinski definition) is 1. The van der Waals surface area contributed by atoms with Crippen LogP contribution >= 0.6 is 11.6 Å². The Morgan fingerprint density at radius 2 is 2.15 bits per heavy atom. The van der Waals surface area contributed by atoms with Gasteiger partial charge in [0.2, 0.25) is 0 Å². The molecular weight excluding hydrogens is 272 g/mol. The summed E-state index contributed by atoms with van der Waals surface area (Å²) in [6, 6.07) is 7.26. The van der Waals surface area contributed by atoms with Crippen molar-refractivity contribution in [3.05, 3.63) is 28.8 Å². The molecule has 0 amide bonds. The Kier molecular flexibility index (Phi) is 3.93. The lowest BCUT2D eigenvalue weighted by Gasteiger charge is -2.43. The molecule has 3 rings (SSSR count). The Hall–Kier alpha value is -0.770. The van der Waals surface area contributed by atoms with Crippen LogP contribution in [0.1, 0.15) is 38.4 Å². The molecule has 1 aromatic carbocycles. The van der Waals surface area contributed by atoms with Gasteiger partial charge in [-0.2, -0.15) is 0 Å². The lowest BCUT2D eigenvalue weighted by atomic mass is 10.0. The number of benzene rings is 1. The van der Waals surface area contributed by atoms with Crippen molar-refractivity contribution >= 4 is 17.3 Å². The number of piperazine rings is 1. The fourth-order valence-electron chi connectivity index (χ4n) is 3.58. The average molecular weight is 295 g/mol. The third-order valence-electron chi connectivity index (χ3n) is 4.70. The van der Waals surface area contributed by atoms with Crippen LogP contribution in [0.15, 0.2) is 18.2 Å². The van der Waals surface area contributed by atoms with E-state index in [0.29, 0.717) is 17.1 Å². The summed E-state index contributed by atoms with van der Waals surface area (Å²) in [5.41, 5.74) is 1.99. The zero-order valence-electron chi connectivity index (χ0n) is 12.2. The first-order chi connectivity index (χ1) is 9.56. The normalized spacial score (nSPS) is 28.5. The first-order valence-electron chi connectivity index (χ1n) is 7.54. The minimum Gasteiger partial charge on any atom is -0.389 e. The second-order valence-electron chi connectivity index (χ2n) is 6.17. The number of aliphatic hydroxyl groups is 1. The van der Waals surface area contributed by atoms with Gasteiger partial charge in [0.1, 0.15) is 0 Å². The molecule has 4 heteroatoms. The van der Waals surface area contributed by atoms with Gasteiger partial charge in [-0.3, -0.25) is 4.90 Å². The molecule has 20 heavy (non-hydrogen) atoms. The summed E-state index contributed by atoms with van der Waals surface area (Å²) in [7, 11) is 0. The Balaban J connectivity index is 1.83. The quantitative estimate of drug-likeness (QED) is 0.908. The molecule has 2 heterocycles. The second kappa shape index (κ2) is 5.55. The highest BCUT2D eigenvalue weighted by molar-refractivity contribution is 6.31. The second-order valence-corrected chi connectivity index (χ2v) is 6.58. The minimum absolute atomic E-state index is 0.512. The molecule has 2 fully saturated rings. The van der Waals surface area contributed by atoms with E-state index in [2.05, 4.69) is 22.8 Å². The van der Waals surface area contributed by atoms with Crippen molar-refractivity contribution in [3.63, 3.8) is 0 Å². The van der Waals surface area contributed by atoms with Crippen LogP contribution in [0.3, 0.4) is 0 Å². The summed E-state index contributed by atoms with van der Waals surface area (Å²) >= 11 is 6.31. The van der Waals surface area contributed by atoms with E-state index in [-0.39, 0.29) is 0 Å². The lowest BCUT2D eigenvalue weighted by molar-refractivity contribution is 0.199. The zero-order valence-corrected chi connectivity index (χ0v) is 13.0. The van der Waals surface area contributed by atoms with Gasteiger partial charge < -0.3 is 10.0 Å². The number of halogens is 1. The monoisotopic (exact) mass is 294 g/mol. The van der Waals surface area contributed by atoms with Crippen LogP contribution in [0.25, 0.3) is 0 Å². The van der Waals surface area contributed by atoms with Crippen LogP contribution in [0.2, 0.25) is 5.02 Å². The predicted molar refractivity (Wildman–Crippen MR) is 83.5 cm³/mol. The largest absolute Gasteiger partial charge is 0.389 e. The number of anilines is 1. The molecule has 3 atom stereocenters. The molecule has 2 saturated heterocycles. The SMILES string of the molecule is CC(O)c1ccc(N2CC3CCCN3CC2C)cc1Cl. The molecule has 3 unspecified atom stereocenters. The molecule has 110 valence electrons. The van der Waals surface area contributed by atoms with E-state index in [4.69, 9.17) is 11.6 Å². The molecule has 0 bridgehead atoms. The molecule has 3 nitrogen and oxygen atoms in total. The molecule has 0 spiro atoms. The average Bonchev–Trinajstić information content (AvgIpc) is 2.84. The van der Waals surface area contributed by atoms with Gasteiger partial charge in [-0.25, -0.2) is 0 Å². The first-order valence-corrected chi connectivity index (χ1v) is 7.92. The van der Waals surface area contributed by atoms with Crippen molar-refractivity contribution in [3.8, 4) is 0 Å². The number of hydrogen-bond acceptors (Lipinski definition) is 3. The van der Waals surface area contributed by atoms with Crippen molar-refractivity contribution in [2.24, 2.45) is 0 Å². The Morgan fingerprint density at radius 1 is 1.35 bits per heavy atom. The molecule has 2 aliphatic rings. The summed E-state index contributed by atoms with van der Waals surface area (Å²) in [5.74, 6) is 0. The van der Waals surface area contributed by atoms with E-state index in [1.54, 1.807) is 6.92 Å². The molecule has 0 saturated carbocycles. The van der Waals surface area contributed by atoms with Gasteiger partial charge in [0.05, 0.1) is 6.10 Å². The molecular formula is C16H23ClN2O. The van der Waals surface area contributed by atoms with Crippen LogP contribution < -0.4 is 4.90 Å². The topological polar surface area (TPSA) is 26.7 Å². The van der Waals surface area contributed by atoms with Crippen molar-refractivity contribution in [2.45, 2.75) is 44.9 Å². The highest BCUT2D eigenvalue weighted by Gasteiger charge is 2.34. The molecule has 0 radical (unpaired) electrons. The zero-order chi connectivity index (χ0) is 14.3. The van der Waals surface area contributed by atoms with Gasteiger partial charge in [-0.1, -0.05) is 17.7 Å². The van der Waals surface area contributed by atoms with Gasteiger partial charge in [-0.15, -0.1) is 0 Å². The Morgan fingerprint density at radius 3 is 2.85 bits per heavy atom. The standard InChI is InChI=1S/C16H23ClN2O/c1-11-9-18-7-3-4-14(18)10-19(11)13-5-6-15(12(2)20)16(17)8-13/h5-6,8,11-12,14,20H,3-4,7,9-10H2,1-2H3. The summed E-state index contributed by atoms with van der Waals surface area (Å²) in [6.07, 6.45) is 2.12. The van der Waals surface area contributed by atoms with Gasteiger partial charge in [0, 0.05) is 35.9 Å². The van der Waals surface area contributed by atoms with E-state index < -0.39 is 6.10 Å². The van der Waals surface area contributed by atoms with Gasteiger partial charge in [0.15, 0.2) is 0 Å². The smallest absolute Gasteiger partial charge is 0.0776 e. The van der Waals surface area contributed by atoms with Crippen LogP contribution in [-0.2, 0) is 0 Å². The van der Waals surface area contributed by atoms with Gasteiger partial charge in [0.25, 0.3) is 0 Å². The highest BCUT2D eigenvalue weighted by atomic mass is 35.5. The van der Waals surface area contributed by atoms with Crippen LogP contribution in [-0.4, -0.2) is 41.7 Å². The Labute approximate surface area is 126 Å². The Bertz CT molecular complexity index is 491. The van der Waals surface area contributed by atoms with Crippen molar-refractivity contribution in [1.29, 1.82) is 0 Å². The van der Waals surface area contributed by atoms with Gasteiger partial charge >= 0.3 is 0 Å². The van der Waals surface area contributed by atoms with Crippen LogP contribution in [0, 0.1) is 0 Å². The lowest BCUT2D eigenvalue weighted by Crippen LogP contribution is -2.55. The maximum atomic E-state index is 9.68.